The predicted octanol–water partition coefficient (Wildman–Crippen LogP) is -0.835. The van der Waals surface area contributed by atoms with Crippen LogP contribution >= 0.6 is 12.2 Å². The van der Waals surface area contributed by atoms with Gasteiger partial charge in [-0.15, -0.1) is 0 Å². The van der Waals surface area contributed by atoms with Crippen molar-refractivity contribution in [2.24, 2.45) is 10.9 Å². The molecule has 2 amide bonds. The van der Waals surface area contributed by atoms with Gasteiger partial charge in [0, 0.05) is 12.3 Å². The van der Waals surface area contributed by atoms with Gasteiger partial charge in [0.25, 0.3) is 0 Å². The monoisotopic (exact) mass is 367 g/mol. The largest absolute Gasteiger partial charge is 0.370 e. The number of amides is 2. The Kier molecular flexibility index (Phi) is 6.50. The molecule has 0 unspecified atom stereocenters. The number of thiocarbonyl (C=S) groups is 1. The Morgan fingerprint density at radius 2 is 1.96 bits per heavy atom. The van der Waals surface area contributed by atoms with Gasteiger partial charge in [-0.05, 0) is 25.1 Å². The van der Waals surface area contributed by atoms with E-state index in [1.807, 2.05) is 0 Å². The van der Waals surface area contributed by atoms with E-state index < -0.39 is 5.92 Å². The summed E-state index contributed by atoms with van der Waals surface area (Å²) in [4.78, 5) is 32.4. The van der Waals surface area contributed by atoms with E-state index in [1.54, 1.807) is 4.90 Å². The molecular weight excluding hydrogens is 340 g/mol. The summed E-state index contributed by atoms with van der Waals surface area (Å²) in [6.07, 6.45) is 6.82. The highest BCUT2D eigenvalue weighted by atomic mass is 32.1. The van der Waals surface area contributed by atoms with Crippen molar-refractivity contribution in [3.8, 4) is 0 Å². The predicted molar refractivity (Wildman–Crippen MR) is 97.7 cm³/mol. The quantitative estimate of drug-likeness (QED) is 0.378. The number of hydrogen-bond acceptors (Lipinski definition) is 5. The summed E-state index contributed by atoms with van der Waals surface area (Å²) in [5, 5.41) is 2.94. The molecule has 8 heteroatoms. The molecule has 0 aromatic carbocycles. The van der Waals surface area contributed by atoms with E-state index in [0.29, 0.717) is 6.54 Å². The van der Waals surface area contributed by atoms with Crippen LogP contribution in [0.4, 0.5) is 0 Å². The molecule has 25 heavy (non-hydrogen) atoms. The average Bonchev–Trinajstić information content (AvgIpc) is 2.62. The fourth-order valence-electron chi connectivity index (χ4n) is 3.73. The van der Waals surface area contributed by atoms with Gasteiger partial charge in [0.2, 0.25) is 11.8 Å². The second kappa shape index (κ2) is 8.82. The Morgan fingerprint density at radius 3 is 2.68 bits per heavy atom. The zero-order valence-electron chi connectivity index (χ0n) is 14.5. The molecule has 7 nitrogen and oxygen atoms in total. The number of aliphatic imine (C=N–C) groups is 1. The second-order valence-electron chi connectivity index (χ2n) is 6.94. The Hall–Kier alpha value is -1.38. The zero-order valence-corrected chi connectivity index (χ0v) is 15.4. The van der Waals surface area contributed by atoms with Crippen molar-refractivity contribution in [3.05, 3.63) is 0 Å². The van der Waals surface area contributed by atoms with Gasteiger partial charge in [0.1, 0.15) is 13.1 Å². The van der Waals surface area contributed by atoms with Gasteiger partial charge in [0.05, 0.1) is 26.3 Å². The number of ether oxygens (including phenoxy) is 1. The molecule has 2 saturated heterocycles. The van der Waals surface area contributed by atoms with Crippen LogP contribution in [-0.2, 0) is 14.3 Å². The molecule has 0 bridgehead atoms. The van der Waals surface area contributed by atoms with E-state index in [0.717, 1.165) is 58.5 Å². The molecule has 1 saturated carbocycles. The van der Waals surface area contributed by atoms with Crippen molar-refractivity contribution in [2.75, 3.05) is 39.4 Å². The van der Waals surface area contributed by atoms with Gasteiger partial charge in [-0.3, -0.25) is 19.5 Å². The number of hydrogen-bond donors (Lipinski definition) is 2. The number of carbonyl (C=O) groups is 2. The highest BCUT2D eigenvalue weighted by Crippen LogP contribution is 2.25. The molecule has 0 aromatic rings. The average molecular weight is 367 g/mol. The van der Waals surface area contributed by atoms with Crippen molar-refractivity contribution >= 4 is 35.4 Å². The standard InChI is InChI=1S/C17H26N4O3S/c22-15-14(12-18-6-7-20-8-10-24-11-9-20)16(23)21(17(25)19-15)13-4-2-1-3-5-13/h12-14H,1-11H2,(H,19,22,25)/p+1/t14-/m1/s1. The van der Waals surface area contributed by atoms with Gasteiger partial charge < -0.3 is 15.0 Å². The lowest BCUT2D eigenvalue weighted by Crippen LogP contribution is -3.14. The molecule has 138 valence electrons. The third kappa shape index (κ3) is 4.62. The van der Waals surface area contributed by atoms with E-state index in [9.17, 15) is 9.59 Å². The number of nitrogens with zero attached hydrogens (tertiary/aromatic N) is 2. The molecule has 2 aliphatic heterocycles. The molecule has 2 heterocycles. The first kappa shape index (κ1) is 18.4. The molecule has 1 aliphatic carbocycles. The van der Waals surface area contributed by atoms with Crippen LogP contribution in [0.5, 0.6) is 0 Å². The van der Waals surface area contributed by atoms with Gasteiger partial charge in [-0.1, -0.05) is 19.3 Å². The summed E-state index contributed by atoms with van der Waals surface area (Å²) >= 11 is 5.25. The van der Waals surface area contributed by atoms with Crippen LogP contribution in [0.3, 0.4) is 0 Å². The van der Waals surface area contributed by atoms with Gasteiger partial charge in [-0.25, -0.2) is 0 Å². The van der Waals surface area contributed by atoms with Crippen LogP contribution < -0.4 is 10.2 Å². The third-order valence-electron chi connectivity index (χ3n) is 5.22. The van der Waals surface area contributed by atoms with Crippen LogP contribution in [0.2, 0.25) is 0 Å². The summed E-state index contributed by atoms with van der Waals surface area (Å²) in [6, 6.07) is 0.114. The van der Waals surface area contributed by atoms with E-state index in [-0.39, 0.29) is 23.0 Å². The zero-order chi connectivity index (χ0) is 17.6. The number of rotatable bonds is 5. The highest BCUT2D eigenvalue weighted by molar-refractivity contribution is 7.80. The van der Waals surface area contributed by atoms with Gasteiger partial charge in [-0.2, -0.15) is 0 Å². The molecule has 3 rings (SSSR count). The van der Waals surface area contributed by atoms with Crippen LogP contribution in [0.1, 0.15) is 32.1 Å². The number of quaternary nitrogens is 1. The highest BCUT2D eigenvalue weighted by Gasteiger charge is 2.41. The van der Waals surface area contributed by atoms with Crippen LogP contribution in [-0.4, -0.2) is 73.5 Å². The van der Waals surface area contributed by atoms with E-state index >= 15 is 0 Å². The number of nitrogens with one attached hydrogen (secondary N) is 2. The maximum absolute atomic E-state index is 12.8. The minimum atomic E-state index is -0.853. The van der Waals surface area contributed by atoms with Crippen LogP contribution in [0.25, 0.3) is 0 Å². The first-order valence-electron chi connectivity index (χ1n) is 9.26. The van der Waals surface area contributed by atoms with Crippen LogP contribution in [0.15, 0.2) is 4.99 Å². The Balaban J connectivity index is 1.57. The van der Waals surface area contributed by atoms with E-state index in [4.69, 9.17) is 17.0 Å². The lowest BCUT2D eigenvalue weighted by atomic mass is 9.92. The Morgan fingerprint density at radius 1 is 1.24 bits per heavy atom. The van der Waals surface area contributed by atoms with E-state index in [1.165, 1.54) is 17.5 Å². The molecule has 0 radical (unpaired) electrons. The first-order valence-corrected chi connectivity index (χ1v) is 9.67. The van der Waals surface area contributed by atoms with Crippen molar-refractivity contribution < 1.29 is 19.2 Å². The lowest BCUT2D eigenvalue weighted by Gasteiger charge is -2.38. The maximum atomic E-state index is 12.8. The molecule has 0 aromatic heterocycles. The lowest BCUT2D eigenvalue weighted by molar-refractivity contribution is -0.906. The minimum Gasteiger partial charge on any atom is -0.370 e. The molecule has 3 fully saturated rings. The Bertz CT molecular complexity index is 542. The van der Waals surface area contributed by atoms with Crippen molar-refractivity contribution in [1.29, 1.82) is 0 Å². The summed E-state index contributed by atoms with van der Waals surface area (Å²) in [7, 11) is 0. The smallest absolute Gasteiger partial charge is 0.247 e. The molecule has 0 spiro atoms. The number of carbonyl (C=O) groups excluding carboxylic acids is 2. The molecule has 3 aliphatic rings. The maximum Gasteiger partial charge on any atom is 0.247 e. The number of morpholine rings is 1. The third-order valence-corrected chi connectivity index (χ3v) is 5.52. The van der Waals surface area contributed by atoms with Crippen molar-refractivity contribution in [1.82, 2.24) is 10.2 Å². The first-order chi connectivity index (χ1) is 12.2. The van der Waals surface area contributed by atoms with Crippen molar-refractivity contribution in [2.45, 2.75) is 38.1 Å². The molecule has 2 N–H and O–H groups in total. The van der Waals surface area contributed by atoms with E-state index in [2.05, 4.69) is 10.3 Å². The van der Waals surface area contributed by atoms with Crippen molar-refractivity contribution in [3.63, 3.8) is 0 Å². The summed E-state index contributed by atoms with van der Waals surface area (Å²) < 4.78 is 5.33. The summed E-state index contributed by atoms with van der Waals surface area (Å²) in [6.45, 7) is 5.06. The fraction of sp³-hybridized carbons (Fsp3) is 0.765. The Labute approximate surface area is 153 Å². The SMILES string of the molecule is O=C1NC(=S)N(C2CCCCC2)C(=O)[C@@H]1C=NCC[NH+]1CCOCC1. The fourth-order valence-corrected chi connectivity index (χ4v) is 4.07. The topological polar surface area (TPSA) is 75.4 Å². The molecule has 1 atom stereocenters. The second-order valence-corrected chi connectivity index (χ2v) is 7.33. The summed E-state index contributed by atoms with van der Waals surface area (Å²) in [5.74, 6) is -1.43. The van der Waals surface area contributed by atoms with Gasteiger partial charge in [0.15, 0.2) is 11.0 Å². The summed E-state index contributed by atoms with van der Waals surface area (Å²) in [5.41, 5.74) is 0. The normalized spacial score (nSPS) is 27.1. The minimum absolute atomic E-state index is 0.114. The van der Waals surface area contributed by atoms with Crippen LogP contribution in [0, 0.1) is 5.92 Å². The van der Waals surface area contributed by atoms with Gasteiger partial charge >= 0.3 is 0 Å². The molecular formula is C17H27N4O3S+.